The first-order valence-corrected chi connectivity index (χ1v) is 8.01. The quantitative estimate of drug-likeness (QED) is 0.827. The maximum absolute atomic E-state index is 12.8. The van der Waals surface area contributed by atoms with Crippen molar-refractivity contribution in [3.8, 4) is 11.5 Å². The molecule has 0 bridgehead atoms. The number of hydrogen-bond acceptors (Lipinski definition) is 4. The number of carbonyl (C=O) groups excluding carboxylic acids is 1. The molecular formula is C17H14ClF3N2O3. The summed E-state index contributed by atoms with van der Waals surface area (Å²) in [5.74, 6) is 0.654. The number of carbonyl (C=O) groups is 1. The van der Waals surface area contributed by atoms with Crippen LogP contribution in [0.15, 0.2) is 36.4 Å². The molecule has 1 aliphatic heterocycles. The summed E-state index contributed by atoms with van der Waals surface area (Å²) in [6.45, 7) is 0.621. The second-order valence-electron chi connectivity index (χ2n) is 5.45. The lowest BCUT2D eigenvalue weighted by Crippen LogP contribution is -2.22. The predicted molar refractivity (Wildman–Crippen MR) is 91.0 cm³/mol. The number of nitrogens with one attached hydrogen (secondary N) is 2. The third-order valence-corrected chi connectivity index (χ3v) is 3.89. The number of halogens is 4. The highest BCUT2D eigenvalue weighted by atomic mass is 35.5. The number of hydrogen-bond donors (Lipinski definition) is 2. The zero-order valence-electron chi connectivity index (χ0n) is 13.3. The van der Waals surface area contributed by atoms with Gasteiger partial charge in [-0.3, -0.25) is 4.79 Å². The average Bonchev–Trinajstić information content (AvgIpc) is 2.60. The molecule has 0 atom stereocenters. The zero-order chi connectivity index (χ0) is 18.7. The minimum absolute atomic E-state index is 0.0267. The van der Waals surface area contributed by atoms with E-state index < -0.39 is 17.6 Å². The molecular weight excluding hydrogens is 373 g/mol. The molecule has 2 aromatic carbocycles. The van der Waals surface area contributed by atoms with E-state index in [4.69, 9.17) is 21.1 Å². The van der Waals surface area contributed by atoms with Crippen LogP contribution in [0.3, 0.4) is 0 Å². The summed E-state index contributed by atoms with van der Waals surface area (Å²) in [4.78, 5) is 12.0. The van der Waals surface area contributed by atoms with Gasteiger partial charge in [0.25, 0.3) is 0 Å². The number of fused-ring (bicyclic) bond motifs is 1. The fraction of sp³-hybridized carbons (Fsp3) is 0.235. The van der Waals surface area contributed by atoms with Crippen LogP contribution in [0, 0.1) is 0 Å². The molecule has 0 fully saturated rings. The number of anilines is 2. The van der Waals surface area contributed by atoms with Crippen molar-refractivity contribution >= 4 is 28.9 Å². The monoisotopic (exact) mass is 386 g/mol. The van der Waals surface area contributed by atoms with E-state index in [0.717, 1.165) is 18.2 Å². The molecule has 0 radical (unpaired) electrons. The molecule has 0 unspecified atom stereocenters. The van der Waals surface area contributed by atoms with E-state index in [1.165, 1.54) is 0 Å². The standard InChI is InChI=1S/C17H14ClF3N2O3/c18-12-3-1-10(17(19,20)21)7-13(12)22-9-16(24)23-11-2-4-14-15(8-11)26-6-5-25-14/h1-4,7-8,22H,5-6,9H2,(H,23,24). The summed E-state index contributed by atoms with van der Waals surface area (Å²) in [5, 5.41) is 5.32. The summed E-state index contributed by atoms with van der Waals surface area (Å²) in [6.07, 6.45) is -4.49. The van der Waals surface area contributed by atoms with Gasteiger partial charge >= 0.3 is 6.18 Å². The topological polar surface area (TPSA) is 59.6 Å². The molecule has 138 valence electrons. The Morgan fingerprint density at radius 1 is 1.08 bits per heavy atom. The van der Waals surface area contributed by atoms with Gasteiger partial charge in [-0.1, -0.05) is 11.6 Å². The van der Waals surface area contributed by atoms with Gasteiger partial charge in [0.05, 0.1) is 22.8 Å². The van der Waals surface area contributed by atoms with Gasteiger partial charge in [0, 0.05) is 11.8 Å². The van der Waals surface area contributed by atoms with E-state index in [-0.39, 0.29) is 17.3 Å². The maximum Gasteiger partial charge on any atom is 0.416 e. The fourth-order valence-corrected chi connectivity index (χ4v) is 2.52. The first-order valence-electron chi connectivity index (χ1n) is 7.63. The Balaban J connectivity index is 1.62. The molecule has 3 rings (SSSR count). The third-order valence-electron chi connectivity index (χ3n) is 3.56. The molecule has 1 aliphatic rings. The average molecular weight is 387 g/mol. The summed E-state index contributed by atoms with van der Waals surface area (Å²) in [7, 11) is 0. The Morgan fingerprint density at radius 3 is 2.54 bits per heavy atom. The van der Waals surface area contributed by atoms with E-state index in [1.807, 2.05) is 0 Å². The second kappa shape index (κ2) is 7.33. The molecule has 1 amide bonds. The molecule has 9 heteroatoms. The highest BCUT2D eigenvalue weighted by molar-refractivity contribution is 6.33. The Bertz CT molecular complexity index is 827. The molecule has 26 heavy (non-hydrogen) atoms. The Kier molecular flexibility index (Phi) is 5.13. The van der Waals surface area contributed by atoms with Crippen LogP contribution in [0.5, 0.6) is 11.5 Å². The highest BCUT2D eigenvalue weighted by Crippen LogP contribution is 2.34. The molecule has 2 aromatic rings. The van der Waals surface area contributed by atoms with Crippen molar-refractivity contribution in [2.45, 2.75) is 6.18 Å². The molecule has 0 saturated carbocycles. The van der Waals surface area contributed by atoms with Crippen molar-refractivity contribution in [2.75, 3.05) is 30.4 Å². The summed E-state index contributed by atoms with van der Waals surface area (Å²) < 4.78 is 49.1. The minimum Gasteiger partial charge on any atom is -0.486 e. The van der Waals surface area contributed by atoms with Crippen molar-refractivity contribution in [3.63, 3.8) is 0 Å². The Hall–Kier alpha value is -2.61. The van der Waals surface area contributed by atoms with Crippen molar-refractivity contribution in [1.29, 1.82) is 0 Å². The molecule has 0 saturated heterocycles. The van der Waals surface area contributed by atoms with Crippen LogP contribution in [-0.2, 0) is 11.0 Å². The zero-order valence-corrected chi connectivity index (χ0v) is 14.1. The van der Waals surface area contributed by atoms with E-state index in [0.29, 0.717) is 30.4 Å². The van der Waals surface area contributed by atoms with Crippen LogP contribution in [-0.4, -0.2) is 25.7 Å². The van der Waals surface area contributed by atoms with E-state index in [1.54, 1.807) is 18.2 Å². The lowest BCUT2D eigenvalue weighted by molar-refractivity contribution is -0.137. The van der Waals surface area contributed by atoms with Gasteiger partial charge in [0.2, 0.25) is 5.91 Å². The van der Waals surface area contributed by atoms with Gasteiger partial charge in [-0.2, -0.15) is 13.2 Å². The van der Waals surface area contributed by atoms with E-state index in [2.05, 4.69) is 10.6 Å². The number of benzene rings is 2. The first kappa shape index (κ1) is 18.2. The van der Waals surface area contributed by atoms with Crippen LogP contribution in [0.4, 0.5) is 24.5 Å². The van der Waals surface area contributed by atoms with Gasteiger partial charge in [-0.25, -0.2) is 0 Å². The van der Waals surface area contributed by atoms with E-state index >= 15 is 0 Å². The van der Waals surface area contributed by atoms with Crippen molar-refractivity contribution in [2.24, 2.45) is 0 Å². The Morgan fingerprint density at radius 2 is 1.81 bits per heavy atom. The summed E-state index contributed by atoms with van der Waals surface area (Å²) in [6, 6.07) is 7.79. The molecule has 5 nitrogen and oxygen atoms in total. The lowest BCUT2D eigenvalue weighted by Gasteiger charge is -2.19. The number of rotatable bonds is 4. The molecule has 1 heterocycles. The largest absolute Gasteiger partial charge is 0.486 e. The predicted octanol–water partition coefficient (Wildman–Crippen LogP) is 4.18. The van der Waals surface area contributed by atoms with Gasteiger partial charge < -0.3 is 20.1 Å². The number of amides is 1. The Labute approximate surface area is 152 Å². The molecule has 0 aromatic heterocycles. The highest BCUT2D eigenvalue weighted by Gasteiger charge is 2.31. The number of alkyl halides is 3. The minimum atomic E-state index is -4.49. The molecule has 2 N–H and O–H groups in total. The van der Waals surface area contributed by atoms with Gasteiger partial charge in [0.15, 0.2) is 11.5 Å². The van der Waals surface area contributed by atoms with Gasteiger partial charge in [-0.15, -0.1) is 0 Å². The first-order chi connectivity index (χ1) is 12.3. The third kappa shape index (κ3) is 4.32. The smallest absolute Gasteiger partial charge is 0.416 e. The summed E-state index contributed by atoms with van der Waals surface area (Å²) >= 11 is 5.88. The normalized spacial score (nSPS) is 13.2. The SMILES string of the molecule is O=C(CNc1cc(C(F)(F)F)ccc1Cl)Nc1ccc2c(c1)OCCO2. The van der Waals surface area contributed by atoms with Gasteiger partial charge in [0.1, 0.15) is 13.2 Å². The second-order valence-corrected chi connectivity index (χ2v) is 5.86. The van der Waals surface area contributed by atoms with Crippen LogP contribution in [0.1, 0.15) is 5.56 Å². The van der Waals surface area contributed by atoms with E-state index in [9.17, 15) is 18.0 Å². The lowest BCUT2D eigenvalue weighted by atomic mass is 10.2. The molecule has 0 aliphatic carbocycles. The van der Waals surface area contributed by atoms with Crippen LogP contribution < -0.4 is 20.1 Å². The van der Waals surface area contributed by atoms with Crippen LogP contribution in [0.25, 0.3) is 0 Å². The van der Waals surface area contributed by atoms with Crippen molar-refractivity contribution < 1.29 is 27.4 Å². The molecule has 0 spiro atoms. The van der Waals surface area contributed by atoms with Crippen LogP contribution in [0.2, 0.25) is 5.02 Å². The fourth-order valence-electron chi connectivity index (χ4n) is 2.34. The van der Waals surface area contributed by atoms with Crippen LogP contribution >= 0.6 is 11.6 Å². The maximum atomic E-state index is 12.8. The van der Waals surface area contributed by atoms with Gasteiger partial charge in [-0.05, 0) is 30.3 Å². The number of ether oxygens (including phenoxy) is 2. The van der Waals surface area contributed by atoms with Crippen molar-refractivity contribution in [1.82, 2.24) is 0 Å². The summed E-state index contributed by atoms with van der Waals surface area (Å²) in [5.41, 5.74) is -0.341. The van der Waals surface area contributed by atoms with Crippen molar-refractivity contribution in [3.05, 3.63) is 47.0 Å².